The number of ether oxygens (including phenoxy) is 2. The van der Waals surface area contributed by atoms with Crippen molar-refractivity contribution in [2.75, 3.05) is 20.2 Å². The van der Waals surface area contributed by atoms with E-state index in [1.807, 2.05) is 18.2 Å². The van der Waals surface area contributed by atoms with Gasteiger partial charge in [-0.05, 0) is 55.0 Å². The number of esters is 1. The number of fused-ring (bicyclic) bond motifs is 1. The minimum absolute atomic E-state index is 0.0670. The predicted octanol–water partition coefficient (Wildman–Crippen LogP) is 3.88. The van der Waals surface area contributed by atoms with Crippen LogP contribution < -0.4 is 4.74 Å². The molecule has 0 spiro atoms. The maximum Gasteiger partial charge on any atom is 0.324 e. The number of hydrogen-bond acceptors (Lipinski definition) is 7. The van der Waals surface area contributed by atoms with E-state index in [4.69, 9.17) is 9.47 Å². The van der Waals surface area contributed by atoms with E-state index in [0.29, 0.717) is 11.5 Å². The molecule has 0 N–H and O–H groups in total. The molecular weight excluding hydrogens is 508 g/mol. The zero-order valence-corrected chi connectivity index (χ0v) is 21.5. The number of carbonyl (C=O) groups is 3. The van der Waals surface area contributed by atoms with Gasteiger partial charge in [0.2, 0.25) is 10.0 Å². The normalized spacial score (nSPS) is 13.8. The Bertz CT molecular complexity index is 1420. The van der Waals surface area contributed by atoms with Crippen LogP contribution in [-0.2, 0) is 19.6 Å². The molecule has 1 unspecified atom stereocenters. The molecule has 3 aromatic rings. The minimum Gasteiger partial charge on any atom is -0.460 e. The Balaban J connectivity index is 1.52. The van der Waals surface area contributed by atoms with Gasteiger partial charge in [0.1, 0.15) is 24.1 Å². The molecule has 1 heterocycles. The Kier molecular flexibility index (Phi) is 8.04. The van der Waals surface area contributed by atoms with Crippen LogP contribution in [0.1, 0.15) is 27.1 Å². The van der Waals surface area contributed by atoms with Crippen molar-refractivity contribution in [2.24, 2.45) is 0 Å². The Morgan fingerprint density at radius 3 is 2.05 bits per heavy atom. The molecule has 10 heteroatoms. The molecule has 0 saturated heterocycles. The maximum absolute atomic E-state index is 13.4. The second-order valence-corrected chi connectivity index (χ2v) is 10.4. The average molecular weight is 535 g/mol. The summed E-state index contributed by atoms with van der Waals surface area (Å²) in [6.07, 6.45) is 1.20. The van der Waals surface area contributed by atoms with Gasteiger partial charge in [-0.2, -0.15) is 4.31 Å². The van der Waals surface area contributed by atoms with Crippen LogP contribution in [0.2, 0.25) is 0 Å². The number of likely N-dealkylation sites (N-methyl/N-ethyl adjacent to an activating group) is 1. The number of benzene rings is 3. The van der Waals surface area contributed by atoms with E-state index in [-0.39, 0.29) is 35.6 Å². The molecule has 196 valence electrons. The molecule has 1 atom stereocenters. The fraction of sp³-hybridized carbons (Fsp3) is 0.179. The third-order valence-corrected chi connectivity index (χ3v) is 7.92. The lowest BCUT2D eigenvalue weighted by molar-refractivity contribution is -0.147. The van der Waals surface area contributed by atoms with E-state index in [0.717, 1.165) is 9.21 Å². The Labute approximate surface area is 220 Å². The highest BCUT2D eigenvalue weighted by Gasteiger charge is 2.38. The third kappa shape index (κ3) is 5.51. The summed E-state index contributed by atoms with van der Waals surface area (Å²) >= 11 is 0. The number of carbonyl (C=O) groups excluding carboxylic acids is 3. The van der Waals surface area contributed by atoms with Gasteiger partial charge in [0.05, 0.1) is 16.0 Å². The van der Waals surface area contributed by atoms with Crippen molar-refractivity contribution in [2.45, 2.75) is 17.4 Å². The molecule has 1 aliphatic heterocycles. The summed E-state index contributed by atoms with van der Waals surface area (Å²) < 4.78 is 38.6. The summed E-state index contributed by atoms with van der Waals surface area (Å²) in [5.74, 6) is -0.785. The van der Waals surface area contributed by atoms with Gasteiger partial charge in [0, 0.05) is 13.6 Å². The van der Waals surface area contributed by atoms with Crippen molar-refractivity contribution in [1.29, 1.82) is 0 Å². The quantitative estimate of drug-likeness (QED) is 0.209. The molecule has 1 aliphatic rings. The topological polar surface area (TPSA) is 110 Å². The van der Waals surface area contributed by atoms with Crippen LogP contribution in [0, 0.1) is 0 Å². The number of hydrogen-bond donors (Lipinski definition) is 0. The molecule has 3 aromatic carbocycles. The Morgan fingerprint density at radius 1 is 0.921 bits per heavy atom. The van der Waals surface area contributed by atoms with Crippen LogP contribution in [0.4, 0.5) is 0 Å². The van der Waals surface area contributed by atoms with Crippen LogP contribution in [0.15, 0.2) is 96.4 Å². The highest BCUT2D eigenvalue weighted by molar-refractivity contribution is 7.89. The first kappa shape index (κ1) is 26.8. The highest BCUT2D eigenvalue weighted by Crippen LogP contribution is 2.27. The minimum atomic E-state index is -4.16. The second-order valence-electron chi connectivity index (χ2n) is 8.44. The van der Waals surface area contributed by atoms with Crippen molar-refractivity contribution in [3.05, 3.63) is 103 Å². The molecular formula is C28H26N2O7S. The highest BCUT2D eigenvalue weighted by atomic mass is 32.2. The largest absolute Gasteiger partial charge is 0.460 e. The molecule has 0 aromatic heterocycles. The predicted molar refractivity (Wildman–Crippen MR) is 139 cm³/mol. The first-order valence-corrected chi connectivity index (χ1v) is 13.2. The maximum atomic E-state index is 13.4. The molecule has 0 radical (unpaired) electrons. The molecule has 0 fully saturated rings. The van der Waals surface area contributed by atoms with Crippen LogP contribution in [0.3, 0.4) is 0 Å². The molecule has 0 aliphatic carbocycles. The van der Waals surface area contributed by atoms with E-state index < -0.39 is 33.8 Å². The monoisotopic (exact) mass is 534 g/mol. The molecule has 38 heavy (non-hydrogen) atoms. The van der Waals surface area contributed by atoms with Crippen molar-refractivity contribution in [3.63, 3.8) is 0 Å². The first-order valence-electron chi connectivity index (χ1n) is 11.8. The average Bonchev–Trinajstić information content (AvgIpc) is 3.17. The van der Waals surface area contributed by atoms with Crippen LogP contribution >= 0.6 is 0 Å². The van der Waals surface area contributed by atoms with Crippen LogP contribution in [0.25, 0.3) is 0 Å². The van der Waals surface area contributed by atoms with E-state index >= 15 is 0 Å². The summed E-state index contributed by atoms with van der Waals surface area (Å²) in [5.41, 5.74) is 0.532. The Morgan fingerprint density at radius 2 is 1.47 bits per heavy atom. The van der Waals surface area contributed by atoms with E-state index in [9.17, 15) is 22.8 Å². The number of rotatable bonds is 11. The van der Waals surface area contributed by atoms with E-state index in [1.54, 1.807) is 36.4 Å². The number of sulfonamides is 1. The molecule has 2 amide bonds. The summed E-state index contributed by atoms with van der Waals surface area (Å²) in [6, 6.07) is 19.9. The lowest BCUT2D eigenvalue weighted by Crippen LogP contribution is -2.45. The second kappa shape index (κ2) is 11.4. The summed E-state index contributed by atoms with van der Waals surface area (Å²) in [5, 5.41) is 0. The molecule has 0 bridgehead atoms. The van der Waals surface area contributed by atoms with Gasteiger partial charge in [-0.15, -0.1) is 0 Å². The number of amides is 2. The van der Waals surface area contributed by atoms with Crippen molar-refractivity contribution < 1.29 is 32.3 Å². The molecule has 0 saturated carbocycles. The molecule has 9 nitrogen and oxygen atoms in total. The van der Waals surface area contributed by atoms with Gasteiger partial charge in [0.25, 0.3) is 11.8 Å². The number of para-hydroxylation sites is 1. The standard InChI is InChI=1S/C28H26N2O7S/c1-3-19-36-28(33)25(17-18-30-26(31)23-11-7-8-12-24(23)27(30)32)29(2)38(34,35)22-15-13-21(14-16-22)37-20-9-5-4-6-10-20/h3-16,25H,1,17-19H2,2H3. The fourth-order valence-corrected chi connectivity index (χ4v) is 5.36. The van der Waals surface area contributed by atoms with E-state index in [2.05, 4.69) is 6.58 Å². The lowest BCUT2D eigenvalue weighted by atomic mass is 10.1. The van der Waals surface area contributed by atoms with Crippen molar-refractivity contribution in [3.8, 4) is 11.5 Å². The zero-order chi connectivity index (χ0) is 27.3. The van der Waals surface area contributed by atoms with Gasteiger partial charge in [-0.1, -0.05) is 43.0 Å². The summed E-state index contributed by atoms with van der Waals surface area (Å²) in [6.45, 7) is 3.20. The van der Waals surface area contributed by atoms with Crippen molar-refractivity contribution >= 4 is 27.8 Å². The Hall–Kier alpha value is -4.28. The van der Waals surface area contributed by atoms with Crippen molar-refractivity contribution in [1.82, 2.24) is 9.21 Å². The summed E-state index contributed by atoms with van der Waals surface area (Å²) in [4.78, 5) is 39.3. The fourth-order valence-electron chi connectivity index (χ4n) is 4.02. The number of imide groups is 1. The summed E-state index contributed by atoms with van der Waals surface area (Å²) in [7, 11) is -2.91. The number of nitrogens with zero attached hydrogens (tertiary/aromatic N) is 2. The van der Waals surface area contributed by atoms with Gasteiger partial charge in [-0.3, -0.25) is 19.3 Å². The SMILES string of the molecule is C=CCOC(=O)C(CCN1C(=O)c2ccccc2C1=O)N(C)S(=O)(=O)c1ccc(Oc2ccccc2)cc1. The van der Waals surface area contributed by atoms with Gasteiger partial charge in [-0.25, -0.2) is 8.42 Å². The zero-order valence-electron chi connectivity index (χ0n) is 20.6. The smallest absolute Gasteiger partial charge is 0.324 e. The van der Waals surface area contributed by atoms with Gasteiger partial charge in [0.15, 0.2) is 0 Å². The lowest BCUT2D eigenvalue weighted by Gasteiger charge is -2.27. The van der Waals surface area contributed by atoms with Crippen LogP contribution in [0.5, 0.6) is 11.5 Å². The van der Waals surface area contributed by atoms with E-state index in [1.165, 1.54) is 37.4 Å². The third-order valence-electron chi connectivity index (χ3n) is 6.04. The molecule has 4 rings (SSSR count). The van der Waals surface area contributed by atoms with Gasteiger partial charge >= 0.3 is 5.97 Å². The van der Waals surface area contributed by atoms with Crippen LogP contribution in [-0.4, -0.2) is 61.6 Å². The van der Waals surface area contributed by atoms with Gasteiger partial charge < -0.3 is 9.47 Å². The first-order chi connectivity index (χ1) is 18.2.